The Morgan fingerprint density at radius 3 is 0.844 bits per heavy atom. The van der Waals surface area contributed by atoms with E-state index in [9.17, 15) is 0 Å². The summed E-state index contributed by atoms with van der Waals surface area (Å²) in [6.07, 6.45) is 27.4. The summed E-state index contributed by atoms with van der Waals surface area (Å²) in [6.45, 7) is 14.2. The average molecular weight is 443 g/mol. The molecule has 0 bridgehead atoms. The molecule has 0 aromatic rings. The summed E-state index contributed by atoms with van der Waals surface area (Å²) in [4.78, 5) is 5.34. The molecule has 0 unspecified atom stereocenters. The molecule has 0 heterocycles. The van der Waals surface area contributed by atoms with Crippen molar-refractivity contribution >= 4 is 0 Å². The highest BCUT2D eigenvalue weighted by molar-refractivity contribution is 5.01. The molecule has 0 spiro atoms. The Hall–Kier alpha value is -0.600. The molecule has 0 aromatic carbocycles. The molecular weight excluding hydrogens is 388 g/mol. The fourth-order valence-electron chi connectivity index (χ4n) is 6.96. The van der Waals surface area contributed by atoms with Crippen LogP contribution < -0.4 is 0 Å². The summed E-state index contributed by atoms with van der Waals surface area (Å²) in [5, 5.41) is 0. The van der Waals surface area contributed by atoms with E-state index in [0.717, 1.165) is 35.8 Å². The summed E-state index contributed by atoms with van der Waals surface area (Å²) in [5.74, 6) is 3.41. The number of allylic oxidation sites excluding steroid dienone is 4. The molecule has 3 aliphatic carbocycles. The smallest absolute Gasteiger partial charge is 0.00954 e. The third-order valence-electron chi connectivity index (χ3n) is 9.27. The van der Waals surface area contributed by atoms with Gasteiger partial charge in [0.2, 0.25) is 0 Å². The first kappa shape index (κ1) is 26.0. The molecule has 32 heavy (non-hydrogen) atoms. The molecule has 2 heteroatoms. The third-order valence-corrected chi connectivity index (χ3v) is 9.27. The minimum absolute atomic E-state index is 0.851. The van der Waals surface area contributed by atoms with Crippen LogP contribution in [0.1, 0.15) is 105 Å². The van der Waals surface area contributed by atoms with E-state index in [-0.39, 0.29) is 0 Å². The van der Waals surface area contributed by atoms with Gasteiger partial charge < -0.3 is 9.80 Å². The Morgan fingerprint density at radius 2 is 0.625 bits per heavy atom. The molecule has 3 fully saturated rings. The monoisotopic (exact) mass is 442 g/mol. The summed E-state index contributed by atoms with van der Waals surface area (Å²) < 4.78 is 0. The van der Waals surface area contributed by atoms with Crippen molar-refractivity contribution in [1.82, 2.24) is 9.80 Å². The Morgan fingerprint density at radius 1 is 0.406 bits per heavy atom. The molecule has 3 aliphatic rings. The van der Waals surface area contributed by atoms with E-state index < -0.39 is 0 Å². The van der Waals surface area contributed by atoms with Crippen LogP contribution in [0, 0.1) is 23.7 Å². The lowest BCUT2D eigenvalue weighted by Gasteiger charge is -2.35. The summed E-state index contributed by atoms with van der Waals surface area (Å²) in [7, 11) is 0. The summed E-state index contributed by atoms with van der Waals surface area (Å²) in [6, 6.07) is 1.70. The lowest BCUT2D eigenvalue weighted by molar-refractivity contribution is 0.158. The zero-order valence-electron chi connectivity index (χ0n) is 22.0. The zero-order chi connectivity index (χ0) is 22.8. The molecule has 0 aromatic heterocycles. The second-order valence-electron chi connectivity index (χ2n) is 11.0. The first-order valence-electron chi connectivity index (χ1n) is 14.5. The van der Waals surface area contributed by atoms with Crippen molar-refractivity contribution in [2.75, 3.05) is 26.2 Å². The van der Waals surface area contributed by atoms with Crippen molar-refractivity contribution < 1.29 is 0 Å². The van der Waals surface area contributed by atoms with E-state index in [2.05, 4.69) is 61.8 Å². The van der Waals surface area contributed by atoms with Crippen LogP contribution in [0.25, 0.3) is 0 Å². The van der Waals surface area contributed by atoms with Gasteiger partial charge in [0.1, 0.15) is 0 Å². The van der Waals surface area contributed by atoms with Gasteiger partial charge in [0.05, 0.1) is 0 Å². The maximum Gasteiger partial charge on any atom is 0.00954 e. The Labute approximate surface area is 200 Å². The van der Waals surface area contributed by atoms with Crippen LogP contribution in [0.4, 0.5) is 0 Å². The largest absolute Gasteiger partial charge is 0.301 e. The van der Waals surface area contributed by atoms with Gasteiger partial charge in [-0.2, -0.15) is 0 Å². The highest BCUT2D eigenvalue weighted by atomic mass is 15.1. The van der Waals surface area contributed by atoms with E-state index in [0.29, 0.717) is 0 Å². The van der Waals surface area contributed by atoms with Crippen LogP contribution in [0.5, 0.6) is 0 Å². The average Bonchev–Trinajstić information content (AvgIpc) is 2.85. The lowest BCUT2D eigenvalue weighted by atomic mass is 9.79. The normalized spacial score (nSPS) is 34.8. The molecule has 0 N–H and O–H groups in total. The molecule has 2 nitrogen and oxygen atoms in total. The highest BCUT2D eigenvalue weighted by Gasteiger charge is 2.25. The van der Waals surface area contributed by atoms with E-state index in [4.69, 9.17) is 0 Å². The number of hydrogen-bond donors (Lipinski definition) is 0. The fraction of sp³-hybridized carbons (Fsp3) is 0.867. The van der Waals surface area contributed by atoms with Crippen LogP contribution in [-0.2, 0) is 0 Å². The zero-order valence-corrected chi connectivity index (χ0v) is 22.0. The van der Waals surface area contributed by atoms with E-state index in [1.165, 1.54) is 103 Å². The van der Waals surface area contributed by atoms with E-state index >= 15 is 0 Å². The lowest BCUT2D eigenvalue weighted by Crippen LogP contribution is -2.37. The fourth-order valence-corrected chi connectivity index (χ4v) is 6.96. The van der Waals surface area contributed by atoms with E-state index in [1.807, 2.05) is 0 Å². The molecule has 3 rings (SSSR count). The van der Waals surface area contributed by atoms with Crippen LogP contribution in [-0.4, -0.2) is 48.1 Å². The van der Waals surface area contributed by atoms with Gasteiger partial charge in [-0.05, 0) is 127 Å². The van der Waals surface area contributed by atoms with E-state index in [1.54, 1.807) is 0 Å². The van der Waals surface area contributed by atoms with Crippen molar-refractivity contribution in [2.45, 2.75) is 117 Å². The van der Waals surface area contributed by atoms with Crippen LogP contribution in [0.15, 0.2) is 24.3 Å². The van der Waals surface area contributed by atoms with Crippen molar-refractivity contribution in [3.05, 3.63) is 24.3 Å². The molecular formula is C30H54N2. The van der Waals surface area contributed by atoms with Gasteiger partial charge in [-0.1, -0.05) is 52.0 Å². The standard InChI is InChI=1S/C30H54N2/c1-5-31(6-2)29-21-17-27(18-22-29)15-13-25-9-11-26(12-10-25)14-16-28-19-23-30(24-20-28)32(7-3)8-4/h13-16,25-30H,5-12,17-24H2,1-4H3/b15-13+,16-14+. The minimum atomic E-state index is 0.851. The van der Waals surface area contributed by atoms with Gasteiger partial charge in [0.25, 0.3) is 0 Å². The predicted molar refractivity (Wildman–Crippen MR) is 141 cm³/mol. The topological polar surface area (TPSA) is 6.48 Å². The molecule has 0 amide bonds. The SMILES string of the molecule is CCN(CC)C1CCC(/C=C/C2CCC(/C=C/C3CCC(N(CC)CC)CC3)CC2)CC1. The van der Waals surface area contributed by atoms with Crippen molar-refractivity contribution in [3.8, 4) is 0 Å². The second kappa shape index (κ2) is 14.0. The summed E-state index contributed by atoms with van der Waals surface area (Å²) >= 11 is 0. The number of nitrogens with zero attached hydrogens (tertiary/aromatic N) is 2. The highest BCUT2D eigenvalue weighted by Crippen LogP contribution is 2.34. The maximum absolute atomic E-state index is 2.67. The van der Waals surface area contributed by atoms with Gasteiger partial charge in [-0.15, -0.1) is 0 Å². The first-order chi connectivity index (χ1) is 15.7. The number of rotatable bonds is 10. The van der Waals surface area contributed by atoms with Crippen LogP contribution in [0.3, 0.4) is 0 Å². The van der Waals surface area contributed by atoms with Gasteiger partial charge >= 0.3 is 0 Å². The van der Waals surface area contributed by atoms with Gasteiger partial charge in [0, 0.05) is 12.1 Å². The third kappa shape index (κ3) is 7.73. The second-order valence-corrected chi connectivity index (χ2v) is 11.0. The van der Waals surface area contributed by atoms with Gasteiger partial charge in [-0.3, -0.25) is 0 Å². The van der Waals surface area contributed by atoms with Crippen LogP contribution in [0.2, 0.25) is 0 Å². The maximum atomic E-state index is 2.67. The number of hydrogen-bond acceptors (Lipinski definition) is 2. The Kier molecular flexibility index (Phi) is 11.3. The van der Waals surface area contributed by atoms with Gasteiger partial charge in [-0.25, -0.2) is 0 Å². The molecule has 0 atom stereocenters. The van der Waals surface area contributed by atoms with Crippen LogP contribution >= 0.6 is 0 Å². The van der Waals surface area contributed by atoms with Crippen molar-refractivity contribution in [1.29, 1.82) is 0 Å². The Bertz CT molecular complexity index is 485. The molecule has 184 valence electrons. The molecule has 0 radical (unpaired) electrons. The molecule has 0 aliphatic heterocycles. The quantitative estimate of drug-likeness (QED) is 0.320. The van der Waals surface area contributed by atoms with Crippen molar-refractivity contribution in [2.24, 2.45) is 23.7 Å². The Balaban J connectivity index is 1.32. The minimum Gasteiger partial charge on any atom is -0.301 e. The molecule has 3 saturated carbocycles. The predicted octanol–water partition coefficient (Wildman–Crippen LogP) is 7.71. The van der Waals surface area contributed by atoms with Gasteiger partial charge in [0.15, 0.2) is 0 Å². The van der Waals surface area contributed by atoms with Crippen molar-refractivity contribution in [3.63, 3.8) is 0 Å². The molecule has 0 saturated heterocycles. The summed E-state index contributed by atoms with van der Waals surface area (Å²) in [5.41, 5.74) is 0. The first-order valence-corrected chi connectivity index (χ1v) is 14.5.